The van der Waals surface area contributed by atoms with Gasteiger partial charge in [0.1, 0.15) is 17.4 Å². The Morgan fingerprint density at radius 2 is 1.94 bits per heavy atom. The summed E-state index contributed by atoms with van der Waals surface area (Å²) >= 11 is 8.91. The molecule has 0 aliphatic carbocycles. The molecule has 2 aromatic carbocycles. The number of amidine groups is 1. The van der Waals surface area contributed by atoms with Gasteiger partial charge >= 0.3 is 0 Å². The first kappa shape index (κ1) is 21.5. The number of aryl methyl sites for hydroxylation is 1. The molecular weight excluding hydrogens is 452 g/mol. The molecule has 1 aromatic heterocycles. The molecular formula is C22H19ClN4O2S2. The average Bonchev–Trinajstić information content (AvgIpc) is 3.31. The fourth-order valence-electron chi connectivity index (χ4n) is 2.87. The number of ether oxygens (including phenoxy) is 1. The van der Waals surface area contributed by atoms with Crippen molar-refractivity contribution in [2.24, 2.45) is 4.99 Å². The minimum Gasteiger partial charge on any atom is -0.489 e. The molecule has 0 unspecified atom stereocenters. The molecule has 31 heavy (non-hydrogen) atoms. The average molecular weight is 471 g/mol. The van der Waals surface area contributed by atoms with E-state index in [4.69, 9.17) is 16.3 Å². The Labute approximate surface area is 193 Å². The molecule has 1 aliphatic rings. The fraction of sp³-hybridized carbons (Fsp3) is 0.182. The summed E-state index contributed by atoms with van der Waals surface area (Å²) < 4.78 is 5.82. The van der Waals surface area contributed by atoms with Crippen molar-refractivity contribution in [3.63, 3.8) is 0 Å². The summed E-state index contributed by atoms with van der Waals surface area (Å²) in [5, 5.41) is 10.7. The molecule has 1 aliphatic heterocycles. The van der Waals surface area contributed by atoms with Crippen LogP contribution in [0.4, 0.5) is 5.13 Å². The maximum absolute atomic E-state index is 12.8. The second kappa shape index (κ2) is 9.64. The van der Waals surface area contributed by atoms with Crippen LogP contribution in [0.1, 0.15) is 23.1 Å². The van der Waals surface area contributed by atoms with E-state index in [2.05, 4.69) is 15.2 Å². The molecule has 0 spiro atoms. The number of amides is 1. The zero-order chi connectivity index (χ0) is 21.8. The maximum Gasteiger partial charge on any atom is 0.266 e. The SMILES string of the molecule is CCN1C(=O)/C(=C/c2ccc(OCc3ccccc3Cl)cc2)S/C1=N/c1nnc(C)s1. The number of aromatic nitrogens is 2. The first-order valence-corrected chi connectivity index (χ1v) is 11.6. The van der Waals surface area contributed by atoms with Gasteiger partial charge in [-0.2, -0.15) is 4.99 Å². The van der Waals surface area contributed by atoms with Crippen molar-refractivity contribution in [2.45, 2.75) is 20.5 Å². The maximum atomic E-state index is 12.8. The number of carbonyl (C=O) groups is 1. The summed E-state index contributed by atoms with van der Waals surface area (Å²) in [4.78, 5) is 19.6. The van der Waals surface area contributed by atoms with E-state index in [9.17, 15) is 4.79 Å². The highest BCUT2D eigenvalue weighted by atomic mass is 35.5. The molecule has 3 aromatic rings. The molecule has 2 heterocycles. The Hall–Kier alpha value is -2.68. The normalized spacial score (nSPS) is 16.5. The first-order chi connectivity index (χ1) is 15.0. The summed E-state index contributed by atoms with van der Waals surface area (Å²) in [7, 11) is 0. The number of carbonyl (C=O) groups excluding carboxylic acids is 1. The van der Waals surface area contributed by atoms with Gasteiger partial charge in [-0.05, 0) is 55.4 Å². The van der Waals surface area contributed by atoms with Crippen molar-refractivity contribution >= 4 is 57.0 Å². The monoisotopic (exact) mass is 470 g/mol. The van der Waals surface area contributed by atoms with Gasteiger partial charge in [0.25, 0.3) is 5.91 Å². The number of hydrogen-bond donors (Lipinski definition) is 0. The number of nitrogens with zero attached hydrogens (tertiary/aromatic N) is 4. The van der Waals surface area contributed by atoms with E-state index in [1.165, 1.54) is 23.1 Å². The highest BCUT2D eigenvalue weighted by Gasteiger charge is 2.32. The van der Waals surface area contributed by atoms with Gasteiger partial charge in [-0.25, -0.2) is 0 Å². The fourth-order valence-corrected chi connectivity index (χ4v) is 4.72. The van der Waals surface area contributed by atoms with Gasteiger partial charge in [0, 0.05) is 17.1 Å². The van der Waals surface area contributed by atoms with E-state index < -0.39 is 0 Å². The van der Waals surface area contributed by atoms with Crippen molar-refractivity contribution in [1.82, 2.24) is 15.1 Å². The third kappa shape index (κ3) is 5.15. The predicted octanol–water partition coefficient (Wildman–Crippen LogP) is 5.70. The van der Waals surface area contributed by atoms with Gasteiger partial charge in [-0.1, -0.05) is 53.3 Å². The number of hydrogen-bond acceptors (Lipinski definition) is 7. The standard InChI is InChI=1S/C22H19ClN4O2S2/c1-3-27-20(28)19(31-22(27)24-21-26-25-14(2)30-21)12-15-8-10-17(11-9-15)29-13-16-6-4-5-7-18(16)23/h4-12H,3,13H2,1-2H3/b19-12-,24-22+. The molecule has 4 rings (SSSR count). The van der Waals surface area contributed by atoms with Crippen molar-refractivity contribution in [2.75, 3.05) is 6.54 Å². The molecule has 0 atom stereocenters. The Bertz CT molecular complexity index is 1160. The zero-order valence-corrected chi connectivity index (χ0v) is 19.3. The van der Waals surface area contributed by atoms with Gasteiger partial charge < -0.3 is 4.74 Å². The Morgan fingerprint density at radius 3 is 2.61 bits per heavy atom. The Morgan fingerprint density at radius 1 is 1.16 bits per heavy atom. The van der Waals surface area contributed by atoms with Gasteiger partial charge in [0.05, 0.1) is 4.91 Å². The minimum absolute atomic E-state index is 0.0634. The van der Waals surface area contributed by atoms with Crippen molar-refractivity contribution < 1.29 is 9.53 Å². The van der Waals surface area contributed by atoms with Gasteiger partial charge in [0.2, 0.25) is 5.13 Å². The molecule has 9 heteroatoms. The highest BCUT2D eigenvalue weighted by molar-refractivity contribution is 8.18. The predicted molar refractivity (Wildman–Crippen MR) is 127 cm³/mol. The summed E-state index contributed by atoms with van der Waals surface area (Å²) in [6.07, 6.45) is 1.86. The Kier molecular flexibility index (Phi) is 6.70. The molecule has 0 N–H and O–H groups in total. The van der Waals surface area contributed by atoms with E-state index >= 15 is 0 Å². The van der Waals surface area contributed by atoms with Crippen LogP contribution in [-0.2, 0) is 11.4 Å². The van der Waals surface area contributed by atoms with E-state index in [0.717, 1.165) is 21.9 Å². The minimum atomic E-state index is -0.0634. The smallest absolute Gasteiger partial charge is 0.266 e. The van der Waals surface area contributed by atoms with Crippen LogP contribution in [0.15, 0.2) is 58.4 Å². The van der Waals surface area contributed by atoms with E-state index in [0.29, 0.717) is 33.4 Å². The first-order valence-electron chi connectivity index (χ1n) is 9.60. The number of benzene rings is 2. The van der Waals surface area contributed by atoms with Crippen LogP contribution in [-0.4, -0.2) is 32.7 Å². The quantitative estimate of drug-likeness (QED) is 0.432. The highest BCUT2D eigenvalue weighted by Crippen LogP contribution is 2.34. The van der Waals surface area contributed by atoms with Crippen LogP contribution in [0.5, 0.6) is 5.75 Å². The van der Waals surface area contributed by atoms with Crippen LogP contribution in [0, 0.1) is 6.92 Å². The van der Waals surface area contributed by atoms with E-state index in [1.807, 2.05) is 68.5 Å². The lowest BCUT2D eigenvalue weighted by Crippen LogP contribution is -2.28. The topological polar surface area (TPSA) is 67.7 Å². The Balaban J connectivity index is 1.47. The van der Waals surface area contributed by atoms with Crippen LogP contribution in [0.2, 0.25) is 5.02 Å². The van der Waals surface area contributed by atoms with Crippen LogP contribution < -0.4 is 4.74 Å². The van der Waals surface area contributed by atoms with Gasteiger partial charge in [0.15, 0.2) is 5.17 Å². The lowest BCUT2D eigenvalue weighted by Gasteiger charge is -2.11. The van der Waals surface area contributed by atoms with E-state index in [1.54, 1.807) is 4.90 Å². The third-order valence-electron chi connectivity index (χ3n) is 4.44. The molecule has 1 saturated heterocycles. The summed E-state index contributed by atoms with van der Waals surface area (Å²) in [6, 6.07) is 15.2. The molecule has 0 bridgehead atoms. The number of thioether (sulfide) groups is 1. The second-order valence-corrected chi connectivity index (χ2v) is 9.18. The third-order valence-corrected chi connectivity index (χ3v) is 6.55. The van der Waals surface area contributed by atoms with Crippen molar-refractivity contribution in [3.8, 4) is 5.75 Å². The van der Waals surface area contributed by atoms with Gasteiger partial charge in [-0.15, -0.1) is 10.2 Å². The summed E-state index contributed by atoms with van der Waals surface area (Å²) in [5.41, 5.74) is 1.84. The number of halogens is 1. The number of likely N-dealkylation sites (N-methyl/N-ethyl adjacent to an activating group) is 1. The zero-order valence-electron chi connectivity index (χ0n) is 16.9. The van der Waals surface area contributed by atoms with Gasteiger partial charge in [-0.3, -0.25) is 9.69 Å². The van der Waals surface area contributed by atoms with Crippen LogP contribution in [0.3, 0.4) is 0 Å². The molecule has 1 amide bonds. The van der Waals surface area contributed by atoms with Crippen molar-refractivity contribution in [1.29, 1.82) is 0 Å². The number of rotatable bonds is 6. The molecule has 1 fully saturated rings. The molecule has 0 saturated carbocycles. The lowest BCUT2D eigenvalue weighted by atomic mass is 10.2. The molecule has 158 valence electrons. The van der Waals surface area contributed by atoms with Crippen molar-refractivity contribution in [3.05, 3.63) is 74.6 Å². The summed E-state index contributed by atoms with van der Waals surface area (Å²) in [6.45, 7) is 4.73. The second-order valence-electron chi connectivity index (χ2n) is 6.61. The van der Waals surface area contributed by atoms with E-state index in [-0.39, 0.29) is 5.91 Å². The largest absolute Gasteiger partial charge is 0.489 e. The summed E-state index contributed by atoms with van der Waals surface area (Å²) in [5.74, 6) is 0.670. The van der Waals surface area contributed by atoms with Crippen LogP contribution >= 0.6 is 34.7 Å². The lowest BCUT2D eigenvalue weighted by molar-refractivity contribution is -0.122. The number of aliphatic imine (C=N–C) groups is 1. The van der Waals surface area contributed by atoms with Crippen LogP contribution in [0.25, 0.3) is 6.08 Å². The molecule has 0 radical (unpaired) electrons. The molecule has 6 nitrogen and oxygen atoms in total.